The number of nitrogens with zero attached hydrogens (tertiary/aromatic N) is 2. The molecule has 104 valence electrons. The van der Waals surface area contributed by atoms with Crippen LogP contribution < -0.4 is 5.32 Å². The first kappa shape index (κ1) is 15.1. The summed E-state index contributed by atoms with van der Waals surface area (Å²) >= 11 is 0. The van der Waals surface area contributed by atoms with Crippen LogP contribution >= 0.6 is 0 Å². The number of hydrogen-bond donors (Lipinski definition) is 1. The van der Waals surface area contributed by atoms with Crippen LogP contribution in [0.15, 0.2) is 6.20 Å². The Hall–Kier alpha value is -0.990. The van der Waals surface area contributed by atoms with E-state index in [9.17, 15) is 0 Å². The second-order valence-electron chi connectivity index (χ2n) is 5.61. The van der Waals surface area contributed by atoms with Crippen LogP contribution in [0.3, 0.4) is 0 Å². The van der Waals surface area contributed by atoms with Crippen LogP contribution in [0.1, 0.15) is 71.5 Å². The van der Waals surface area contributed by atoms with Gasteiger partial charge >= 0.3 is 0 Å². The van der Waals surface area contributed by atoms with Gasteiger partial charge in [0.05, 0.1) is 5.69 Å². The van der Waals surface area contributed by atoms with Gasteiger partial charge in [-0.3, -0.25) is 0 Å². The molecular weight excluding hydrogens is 222 g/mol. The molecule has 0 spiro atoms. The van der Waals surface area contributed by atoms with E-state index in [-0.39, 0.29) is 0 Å². The van der Waals surface area contributed by atoms with Crippen LogP contribution in [0.2, 0.25) is 0 Å². The minimum atomic E-state index is 0.429. The predicted octanol–water partition coefficient (Wildman–Crippen LogP) is 4.54. The highest BCUT2D eigenvalue weighted by Crippen LogP contribution is 2.21. The Balaban J connectivity index is 2.57. The lowest BCUT2D eigenvalue weighted by atomic mass is 10.1. The van der Waals surface area contributed by atoms with E-state index in [1.165, 1.54) is 32.1 Å². The number of aromatic nitrogens is 2. The minimum absolute atomic E-state index is 0.429. The van der Waals surface area contributed by atoms with Crippen molar-refractivity contribution in [3.63, 3.8) is 0 Å². The molecule has 0 bridgehead atoms. The van der Waals surface area contributed by atoms with E-state index in [4.69, 9.17) is 0 Å². The highest BCUT2D eigenvalue weighted by molar-refractivity contribution is 5.30. The number of imidazole rings is 1. The fourth-order valence-corrected chi connectivity index (χ4v) is 2.22. The summed E-state index contributed by atoms with van der Waals surface area (Å²) in [6.07, 6.45) is 8.72. The molecule has 3 heteroatoms. The Bertz CT molecular complexity index is 342. The number of aryl methyl sites for hydroxylation is 1. The summed E-state index contributed by atoms with van der Waals surface area (Å²) in [5.41, 5.74) is 1.10. The van der Waals surface area contributed by atoms with Crippen molar-refractivity contribution in [3.8, 4) is 0 Å². The molecule has 1 N–H and O–H groups in total. The van der Waals surface area contributed by atoms with E-state index in [2.05, 4.69) is 55.7 Å². The average molecular weight is 251 g/mol. The first-order chi connectivity index (χ1) is 8.54. The smallest absolute Gasteiger partial charge is 0.203 e. The van der Waals surface area contributed by atoms with E-state index in [1.807, 2.05) is 0 Å². The van der Waals surface area contributed by atoms with Crippen molar-refractivity contribution in [1.29, 1.82) is 0 Å². The second-order valence-corrected chi connectivity index (χ2v) is 5.61. The van der Waals surface area contributed by atoms with Crippen LogP contribution in [-0.4, -0.2) is 15.6 Å². The molecule has 0 radical (unpaired) electrons. The lowest BCUT2D eigenvalue weighted by molar-refractivity contribution is 0.474. The van der Waals surface area contributed by atoms with Gasteiger partial charge in [-0.15, -0.1) is 0 Å². The molecule has 18 heavy (non-hydrogen) atoms. The SMILES string of the molecule is CCCCCCC(C)n1cc(C)nc1NC(C)C. The third-order valence-electron chi connectivity index (χ3n) is 3.22. The molecule has 1 aromatic rings. The normalized spacial score (nSPS) is 13.0. The molecule has 0 aliphatic heterocycles. The first-order valence-corrected chi connectivity index (χ1v) is 7.36. The molecule has 1 heterocycles. The zero-order valence-electron chi connectivity index (χ0n) is 12.7. The topological polar surface area (TPSA) is 29.9 Å². The summed E-state index contributed by atoms with van der Waals surface area (Å²) in [5, 5.41) is 3.43. The van der Waals surface area contributed by atoms with Crippen LogP contribution in [-0.2, 0) is 0 Å². The maximum atomic E-state index is 4.57. The molecule has 0 amide bonds. The highest BCUT2D eigenvalue weighted by atomic mass is 15.2. The van der Waals surface area contributed by atoms with Crippen molar-refractivity contribution >= 4 is 5.95 Å². The zero-order valence-corrected chi connectivity index (χ0v) is 12.7. The van der Waals surface area contributed by atoms with Gasteiger partial charge < -0.3 is 9.88 Å². The van der Waals surface area contributed by atoms with Crippen LogP contribution in [0.5, 0.6) is 0 Å². The molecular formula is C15H29N3. The van der Waals surface area contributed by atoms with E-state index >= 15 is 0 Å². The Labute approximate surface area is 112 Å². The van der Waals surface area contributed by atoms with Gasteiger partial charge in [0.25, 0.3) is 0 Å². The first-order valence-electron chi connectivity index (χ1n) is 7.36. The summed E-state index contributed by atoms with van der Waals surface area (Å²) in [6, 6.07) is 0.960. The molecule has 0 aliphatic rings. The summed E-state index contributed by atoms with van der Waals surface area (Å²) < 4.78 is 2.29. The molecule has 0 saturated carbocycles. The Morgan fingerprint density at radius 2 is 1.94 bits per heavy atom. The molecule has 1 atom stereocenters. The van der Waals surface area contributed by atoms with Gasteiger partial charge in [-0.2, -0.15) is 0 Å². The van der Waals surface area contributed by atoms with E-state index in [0.29, 0.717) is 12.1 Å². The van der Waals surface area contributed by atoms with Gasteiger partial charge in [0.2, 0.25) is 5.95 Å². The molecule has 1 unspecified atom stereocenters. The van der Waals surface area contributed by atoms with Gasteiger partial charge in [0, 0.05) is 18.3 Å². The van der Waals surface area contributed by atoms with Crippen molar-refractivity contribution in [1.82, 2.24) is 9.55 Å². The summed E-state index contributed by atoms with van der Waals surface area (Å²) in [7, 11) is 0. The van der Waals surface area contributed by atoms with Gasteiger partial charge in [-0.1, -0.05) is 32.6 Å². The Morgan fingerprint density at radius 1 is 1.22 bits per heavy atom. The van der Waals surface area contributed by atoms with Gasteiger partial charge in [0.15, 0.2) is 0 Å². The Morgan fingerprint density at radius 3 is 2.56 bits per heavy atom. The number of unbranched alkanes of at least 4 members (excludes halogenated alkanes) is 3. The lowest BCUT2D eigenvalue weighted by Gasteiger charge is -2.18. The third kappa shape index (κ3) is 4.71. The number of rotatable bonds is 8. The van der Waals surface area contributed by atoms with Crippen molar-refractivity contribution in [3.05, 3.63) is 11.9 Å². The molecule has 0 aliphatic carbocycles. The Kier molecular flexibility index (Phi) is 6.23. The lowest BCUT2D eigenvalue weighted by Crippen LogP contribution is -2.16. The third-order valence-corrected chi connectivity index (χ3v) is 3.22. The quantitative estimate of drug-likeness (QED) is 0.687. The van der Waals surface area contributed by atoms with E-state index in [1.54, 1.807) is 0 Å². The number of anilines is 1. The van der Waals surface area contributed by atoms with Crippen LogP contribution in [0.25, 0.3) is 0 Å². The van der Waals surface area contributed by atoms with E-state index < -0.39 is 0 Å². The number of hydrogen-bond acceptors (Lipinski definition) is 2. The minimum Gasteiger partial charge on any atom is -0.353 e. The molecule has 3 nitrogen and oxygen atoms in total. The van der Waals surface area contributed by atoms with Crippen LogP contribution in [0, 0.1) is 6.92 Å². The number of nitrogens with one attached hydrogen (secondary N) is 1. The van der Waals surface area contributed by atoms with Crippen LogP contribution in [0.4, 0.5) is 5.95 Å². The van der Waals surface area contributed by atoms with E-state index in [0.717, 1.165) is 11.6 Å². The maximum absolute atomic E-state index is 4.57. The summed E-state index contributed by atoms with van der Waals surface area (Å²) in [4.78, 5) is 4.57. The zero-order chi connectivity index (χ0) is 13.5. The van der Waals surface area contributed by atoms with Gasteiger partial charge in [0.1, 0.15) is 0 Å². The summed E-state index contributed by atoms with van der Waals surface area (Å²) in [5.74, 6) is 1.02. The largest absolute Gasteiger partial charge is 0.353 e. The molecule has 1 aromatic heterocycles. The van der Waals surface area contributed by atoms with Crippen molar-refractivity contribution in [2.24, 2.45) is 0 Å². The van der Waals surface area contributed by atoms with Gasteiger partial charge in [-0.05, 0) is 34.1 Å². The second kappa shape index (κ2) is 7.45. The van der Waals surface area contributed by atoms with Crippen molar-refractivity contribution in [2.75, 3.05) is 5.32 Å². The molecule has 0 saturated heterocycles. The average Bonchev–Trinajstić information content (AvgIpc) is 2.64. The fourth-order valence-electron chi connectivity index (χ4n) is 2.22. The monoisotopic (exact) mass is 251 g/mol. The maximum Gasteiger partial charge on any atom is 0.203 e. The summed E-state index contributed by atoms with van der Waals surface area (Å²) in [6.45, 7) is 10.9. The molecule has 0 fully saturated rings. The predicted molar refractivity (Wildman–Crippen MR) is 79.2 cm³/mol. The fraction of sp³-hybridized carbons (Fsp3) is 0.800. The van der Waals surface area contributed by atoms with Crippen molar-refractivity contribution in [2.45, 2.75) is 78.8 Å². The highest BCUT2D eigenvalue weighted by Gasteiger charge is 2.12. The molecule has 0 aromatic carbocycles. The van der Waals surface area contributed by atoms with Gasteiger partial charge in [-0.25, -0.2) is 4.98 Å². The standard InChI is InChI=1S/C15H29N3/c1-6-7-8-9-10-14(5)18-11-13(4)17-15(18)16-12(2)3/h11-12,14H,6-10H2,1-5H3,(H,16,17). The van der Waals surface area contributed by atoms with Crippen molar-refractivity contribution < 1.29 is 0 Å². The molecule has 1 rings (SSSR count).